The summed E-state index contributed by atoms with van der Waals surface area (Å²) in [7, 11) is 0. The Labute approximate surface area is 146 Å². The summed E-state index contributed by atoms with van der Waals surface area (Å²) in [5.41, 5.74) is 2.30. The number of benzene rings is 1. The largest absolute Gasteiger partial charge is 0.396 e. The fourth-order valence-corrected chi connectivity index (χ4v) is 3.21. The van der Waals surface area contributed by atoms with Crippen molar-refractivity contribution in [2.45, 2.75) is 46.1 Å². The van der Waals surface area contributed by atoms with Crippen molar-refractivity contribution < 1.29 is 5.11 Å². The zero-order valence-corrected chi connectivity index (χ0v) is 15.1. The summed E-state index contributed by atoms with van der Waals surface area (Å²) in [6.45, 7) is 8.31. The van der Waals surface area contributed by atoms with Gasteiger partial charge in [-0.15, -0.1) is 0 Å². The van der Waals surface area contributed by atoms with E-state index in [0.717, 1.165) is 51.9 Å². The second kappa shape index (κ2) is 9.05. The fourth-order valence-electron chi connectivity index (χ4n) is 3.21. The highest BCUT2D eigenvalue weighted by atomic mass is 16.3. The predicted molar refractivity (Wildman–Crippen MR) is 98.6 cm³/mol. The normalized spacial score (nSPS) is 16.8. The molecule has 1 aliphatic heterocycles. The number of aliphatic hydroxyl groups excluding tert-OH is 1. The number of likely N-dealkylation sites (tertiary alicyclic amines) is 1. The van der Waals surface area contributed by atoms with E-state index in [1.807, 2.05) is 13.8 Å². The topological polar surface area (TPSA) is 59.3 Å². The average Bonchev–Trinajstić information content (AvgIpc) is 2.61. The van der Waals surface area contributed by atoms with Gasteiger partial charge in [0.1, 0.15) is 0 Å². The van der Waals surface area contributed by atoms with E-state index in [0.29, 0.717) is 12.5 Å². The van der Waals surface area contributed by atoms with E-state index in [1.165, 1.54) is 11.3 Å². The Kier molecular flexibility index (Phi) is 7.08. The van der Waals surface area contributed by atoms with Gasteiger partial charge >= 0.3 is 0 Å². The first-order valence-electron chi connectivity index (χ1n) is 9.10. The Balaban J connectivity index is 1.83. The molecular weight excluding hydrogens is 298 g/mol. The predicted octanol–water partition coefficient (Wildman–Crippen LogP) is 3.63. The molecule has 2 N–H and O–H groups in total. The van der Waals surface area contributed by atoms with Gasteiger partial charge in [-0.25, -0.2) is 0 Å². The zero-order valence-electron chi connectivity index (χ0n) is 15.1. The van der Waals surface area contributed by atoms with Gasteiger partial charge in [-0.3, -0.25) is 4.90 Å². The molecule has 0 amide bonds. The van der Waals surface area contributed by atoms with Crippen LogP contribution in [0.5, 0.6) is 0 Å². The number of nitriles is 1. The van der Waals surface area contributed by atoms with Crippen LogP contribution in [-0.4, -0.2) is 36.2 Å². The Bertz CT molecular complexity index is 542. The molecule has 1 heterocycles. The van der Waals surface area contributed by atoms with E-state index in [1.54, 1.807) is 0 Å². The molecule has 0 atom stereocenters. The molecular formula is C20H31N3O. The standard InChI is InChI=1S/C20H31N3O/c1-20(2,16-21)10-5-11-22-19-7-4-3-6-18(19)14-23-12-8-17(15-24)9-13-23/h3-4,6-7,17,22,24H,5,8-15H2,1-2H3. The minimum absolute atomic E-state index is 0.238. The van der Waals surface area contributed by atoms with Gasteiger partial charge in [-0.1, -0.05) is 18.2 Å². The van der Waals surface area contributed by atoms with Crippen LogP contribution >= 0.6 is 0 Å². The molecule has 1 saturated heterocycles. The highest BCUT2D eigenvalue weighted by molar-refractivity contribution is 5.51. The van der Waals surface area contributed by atoms with Crippen LogP contribution in [0, 0.1) is 22.7 Å². The lowest BCUT2D eigenvalue weighted by molar-refractivity contribution is 0.127. The van der Waals surface area contributed by atoms with Crippen LogP contribution in [0.3, 0.4) is 0 Å². The van der Waals surface area contributed by atoms with Gasteiger partial charge < -0.3 is 10.4 Å². The molecule has 132 valence electrons. The molecule has 1 aliphatic rings. The molecule has 0 saturated carbocycles. The molecule has 0 spiro atoms. The summed E-state index contributed by atoms with van der Waals surface area (Å²) in [6.07, 6.45) is 4.09. The van der Waals surface area contributed by atoms with Crippen molar-refractivity contribution in [2.75, 3.05) is 31.6 Å². The van der Waals surface area contributed by atoms with E-state index >= 15 is 0 Å². The van der Waals surface area contributed by atoms with Crippen molar-refractivity contribution in [1.29, 1.82) is 5.26 Å². The van der Waals surface area contributed by atoms with Gasteiger partial charge in [-0.2, -0.15) is 5.26 Å². The highest BCUT2D eigenvalue weighted by Gasteiger charge is 2.19. The molecule has 24 heavy (non-hydrogen) atoms. The first-order chi connectivity index (χ1) is 11.5. The molecule has 4 nitrogen and oxygen atoms in total. The van der Waals surface area contributed by atoms with Crippen molar-refractivity contribution in [2.24, 2.45) is 11.3 Å². The molecule has 1 aromatic rings. The summed E-state index contributed by atoms with van der Waals surface area (Å²) in [5.74, 6) is 0.484. The average molecular weight is 329 g/mol. The summed E-state index contributed by atoms with van der Waals surface area (Å²) >= 11 is 0. The zero-order chi connectivity index (χ0) is 17.4. The summed E-state index contributed by atoms with van der Waals surface area (Å²) < 4.78 is 0. The molecule has 0 aromatic heterocycles. The number of piperidine rings is 1. The monoisotopic (exact) mass is 329 g/mol. The van der Waals surface area contributed by atoms with Crippen molar-refractivity contribution in [3.05, 3.63) is 29.8 Å². The van der Waals surface area contributed by atoms with E-state index in [4.69, 9.17) is 5.26 Å². The minimum atomic E-state index is -0.238. The fraction of sp³-hybridized carbons (Fsp3) is 0.650. The number of para-hydroxylation sites is 1. The maximum Gasteiger partial charge on any atom is 0.0683 e. The SMILES string of the molecule is CC(C)(C#N)CCCNc1ccccc1CN1CCC(CO)CC1. The van der Waals surface area contributed by atoms with Crippen LogP contribution in [0.15, 0.2) is 24.3 Å². The Morgan fingerprint density at radius 3 is 2.67 bits per heavy atom. The number of hydrogen-bond acceptors (Lipinski definition) is 4. The molecule has 4 heteroatoms. The number of aliphatic hydroxyl groups is 1. The third-order valence-corrected chi connectivity index (χ3v) is 4.97. The number of anilines is 1. The second-order valence-corrected chi connectivity index (χ2v) is 7.59. The maximum atomic E-state index is 9.26. The Morgan fingerprint density at radius 2 is 2.00 bits per heavy atom. The Hall–Kier alpha value is -1.57. The van der Waals surface area contributed by atoms with Gasteiger partial charge in [-0.05, 0) is 70.2 Å². The van der Waals surface area contributed by atoms with Crippen molar-refractivity contribution in [1.82, 2.24) is 4.90 Å². The minimum Gasteiger partial charge on any atom is -0.396 e. The van der Waals surface area contributed by atoms with Gasteiger partial charge in [0.05, 0.1) is 11.5 Å². The highest BCUT2D eigenvalue weighted by Crippen LogP contribution is 2.23. The number of nitrogens with one attached hydrogen (secondary N) is 1. The van der Waals surface area contributed by atoms with Gasteiger partial charge in [0.2, 0.25) is 0 Å². The van der Waals surface area contributed by atoms with Crippen LogP contribution in [0.1, 0.15) is 45.1 Å². The quantitative estimate of drug-likeness (QED) is 0.715. The van der Waals surface area contributed by atoms with Crippen LogP contribution in [0.25, 0.3) is 0 Å². The molecule has 1 fully saturated rings. The smallest absolute Gasteiger partial charge is 0.0683 e. The number of rotatable bonds is 8. The molecule has 1 aromatic carbocycles. The van der Waals surface area contributed by atoms with Gasteiger partial charge in [0.15, 0.2) is 0 Å². The second-order valence-electron chi connectivity index (χ2n) is 7.59. The summed E-state index contributed by atoms with van der Waals surface area (Å²) in [6, 6.07) is 10.9. The van der Waals surface area contributed by atoms with Gasteiger partial charge in [0.25, 0.3) is 0 Å². The van der Waals surface area contributed by atoms with Crippen molar-refractivity contribution in [3.8, 4) is 6.07 Å². The van der Waals surface area contributed by atoms with Crippen LogP contribution < -0.4 is 5.32 Å². The van der Waals surface area contributed by atoms with Gasteiger partial charge in [0, 0.05) is 25.4 Å². The Morgan fingerprint density at radius 1 is 1.29 bits per heavy atom. The third kappa shape index (κ3) is 5.81. The molecule has 0 bridgehead atoms. The first-order valence-corrected chi connectivity index (χ1v) is 9.10. The number of hydrogen-bond donors (Lipinski definition) is 2. The van der Waals surface area contributed by atoms with Crippen molar-refractivity contribution >= 4 is 5.69 Å². The summed E-state index contributed by atoms with van der Waals surface area (Å²) in [5, 5.41) is 21.9. The lowest BCUT2D eigenvalue weighted by Gasteiger charge is -2.31. The maximum absolute atomic E-state index is 9.26. The lowest BCUT2D eigenvalue weighted by atomic mass is 9.90. The molecule has 2 rings (SSSR count). The van der Waals surface area contributed by atoms with E-state index in [-0.39, 0.29) is 5.41 Å². The molecule has 0 unspecified atom stereocenters. The molecule has 0 aliphatic carbocycles. The third-order valence-electron chi connectivity index (χ3n) is 4.97. The lowest BCUT2D eigenvalue weighted by Crippen LogP contribution is -2.34. The number of nitrogens with zero attached hydrogens (tertiary/aromatic N) is 2. The molecule has 0 radical (unpaired) electrons. The van der Waals surface area contributed by atoms with E-state index in [9.17, 15) is 5.11 Å². The van der Waals surface area contributed by atoms with E-state index < -0.39 is 0 Å². The van der Waals surface area contributed by atoms with E-state index in [2.05, 4.69) is 40.6 Å². The summed E-state index contributed by atoms with van der Waals surface area (Å²) in [4.78, 5) is 2.48. The first kappa shape index (κ1) is 18.8. The van der Waals surface area contributed by atoms with Crippen LogP contribution in [-0.2, 0) is 6.54 Å². The van der Waals surface area contributed by atoms with Crippen LogP contribution in [0.2, 0.25) is 0 Å². The van der Waals surface area contributed by atoms with Crippen molar-refractivity contribution in [3.63, 3.8) is 0 Å². The van der Waals surface area contributed by atoms with Crippen LogP contribution in [0.4, 0.5) is 5.69 Å².